The van der Waals surface area contributed by atoms with Crippen LogP contribution in [-0.2, 0) is 6.42 Å². The van der Waals surface area contributed by atoms with Gasteiger partial charge in [0.05, 0.1) is 6.26 Å². The van der Waals surface area contributed by atoms with Crippen molar-refractivity contribution in [3.63, 3.8) is 0 Å². The maximum atomic E-state index is 5.28. The number of aromatic nitrogens is 1. The predicted molar refractivity (Wildman–Crippen MR) is 43.4 cm³/mol. The third-order valence-electron chi connectivity index (χ3n) is 1.81. The predicted octanol–water partition coefficient (Wildman–Crippen LogP) is 2.39. The topological polar surface area (TPSA) is 26.0 Å². The average molecular weight is 147 g/mol. The van der Waals surface area contributed by atoms with E-state index >= 15 is 0 Å². The van der Waals surface area contributed by atoms with Gasteiger partial charge in [-0.3, -0.25) is 4.98 Å². The van der Waals surface area contributed by atoms with E-state index in [0.29, 0.717) is 0 Å². The van der Waals surface area contributed by atoms with E-state index in [9.17, 15) is 0 Å². The van der Waals surface area contributed by atoms with Gasteiger partial charge in [-0.1, -0.05) is 6.92 Å². The first-order valence-electron chi connectivity index (χ1n) is 3.73. The van der Waals surface area contributed by atoms with Gasteiger partial charge in [-0.2, -0.15) is 0 Å². The number of pyridine rings is 1. The smallest absolute Gasteiger partial charge is 0.155 e. The molecule has 0 aliphatic heterocycles. The van der Waals surface area contributed by atoms with E-state index < -0.39 is 0 Å². The molecule has 0 aliphatic rings. The van der Waals surface area contributed by atoms with Crippen molar-refractivity contribution in [2.45, 2.75) is 13.3 Å². The second kappa shape index (κ2) is 2.38. The quantitative estimate of drug-likeness (QED) is 0.619. The zero-order valence-corrected chi connectivity index (χ0v) is 6.37. The molecular weight excluding hydrogens is 138 g/mol. The molecule has 0 aromatic carbocycles. The fourth-order valence-corrected chi connectivity index (χ4v) is 1.21. The van der Waals surface area contributed by atoms with Crippen molar-refractivity contribution in [3.05, 3.63) is 30.2 Å². The molecule has 11 heavy (non-hydrogen) atoms. The molecule has 56 valence electrons. The summed E-state index contributed by atoms with van der Waals surface area (Å²) in [7, 11) is 0. The van der Waals surface area contributed by atoms with Gasteiger partial charge >= 0.3 is 0 Å². The summed E-state index contributed by atoms with van der Waals surface area (Å²) in [5.74, 6) is 0. The minimum Gasteiger partial charge on any atom is -0.462 e. The molecule has 2 heteroatoms. The zero-order chi connectivity index (χ0) is 7.68. The second-order valence-electron chi connectivity index (χ2n) is 2.46. The fraction of sp³-hybridized carbons (Fsp3) is 0.222. The van der Waals surface area contributed by atoms with Crippen LogP contribution in [0.5, 0.6) is 0 Å². The zero-order valence-electron chi connectivity index (χ0n) is 6.37. The molecule has 0 saturated carbocycles. The number of hydrogen-bond acceptors (Lipinski definition) is 2. The molecule has 2 aromatic heterocycles. The number of furan rings is 1. The standard InChI is InChI=1S/C9H9NO/c1-2-7-3-5-10-8-4-6-11-9(7)8/h3-6H,2H2,1H3. The van der Waals surface area contributed by atoms with E-state index in [-0.39, 0.29) is 0 Å². The molecule has 0 radical (unpaired) electrons. The molecule has 2 nitrogen and oxygen atoms in total. The summed E-state index contributed by atoms with van der Waals surface area (Å²) >= 11 is 0. The van der Waals surface area contributed by atoms with Crippen molar-refractivity contribution in [3.8, 4) is 0 Å². The molecule has 0 aliphatic carbocycles. The molecular formula is C9H9NO. The summed E-state index contributed by atoms with van der Waals surface area (Å²) in [6, 6.07) is 3.88. The van der Waals surface area contributed by atoms with Crippen LogP contribution in [0.1, 0.15) is 12.5 Å². The van der Waals surface area contributed by atoms with E-state index in [1.165, 1.54) is 5.56 Å². The van der Waals surface area contributed by atoms with Gasteiger partial charge in [0.15, 0.2) is 5.58 Å². The summed E-state index contributed by atoms with van der Waals surface area (Å²) < 4.78 is 5.28. The largest absolute Gasteiger partial charge is 0.462 e. The monoisotopic (exact) mass is 147 g/mol. The summed E-state index contributed by atoms with van der Waals surface area (Å²) in [6.45, 7) is 2.11. The number of fused-ring (bicyclic) bond motifs is 1. The Morgan fingerprint density at radius 3 is 3.18 bits per heavy atom. The lowest BCUT2D eigenvalue weighted by Gasteiger charge is -1.94. The Morgan fingerprint density at radius 2 is 2.36 bits per heavy atom. The molecule has 0 atom stereocenters. The van der Waals surface area contributed by atoms with Crippen molar-refractivity contribution < 1.29 is 4.42 Å². The molecule has 2 heterocycles. The molecule has 0 spiro atoms. The van der Waals surface area contributed by atoms with Crippen LogP contribution in [0.4, 0.5) is 0 Å². The molecule has 0 amide bonds. The lowest BCUT2D eigenvalue weighted by atomic mass is 10.2. The Hall–Kier alpha value is -1.31. The Kier molecular flexibility index (Phi) is 1.39. The van der Waals surface area contributed by atoms with Crippen LogP contribution in [0.3, 0.4) is 0 Å². The minimum absolute atomic E-state index is 0.926. The van der Waals surface area contributed by atoms with Gasteiger partial charge in [0.25, 0.3) is 0 Å². The summed E-state index contributed by atoms with van der Waals surface area (Å²) in [6.07, 6.45) is 4.49. The second-order valence-corrected chi connectivity index (χ2v) is 2.46. The first kappa shape index (κ1) is 6.40. The Bertz CT molecular complexity index is 364. The normalized spacial score (nSPS) is 10.6. The Morgan fingerprint density at radius 1 is 1.45 bits per heavy atom. The highest BCUT2D eigenvalue weighted by Gasteiger charge is 2.01. The van der Waals surface area contributed by atoms with E-state index in [2.05, 4.69) is 11.9 Å². The maximum absolute atomic E-state index is 5.28. The van der Waals surface area contributed by atoms with Crippen LogP contribution in [0.15, 0.2) is 29.0 Å². The third-order valence-corrected chi connectivity index (χ3v) is 1.81. The fourth-order valence-electron chi connectivity index (χ4n) is 1.21. The molecule has 2 aromatic rings. The highest BCUT2D eigenvalue weighted by Crippen LogP contribution is 2.17. The molecule has 0 saturated heterocycles. The van der Waals surface area contributed by atoms with Gasteiger partial charge in [-0.05, 0) is 18.1 Å². The van der Waals surface area contributed by atoms with Crippen LogP contribution in [0.2, 0.25) is 0 Å². The van der Waals surface area contributed by atoms with Crippen LogP contribution < -0.4 is 0 Å². The number of nitrogens with zero attached hydrogens (tertiary/aromatic N) is 1. The number of hydrogen-bond donors (Lipinski definition) is 0. The van der Waals surface area contributed by atoms with Crippen molar-refractivity contribution in [2.24, 2.45) is 0 Å². The molecule has 0 unspecified atom stereocenters. The van der Waals surface area contributed by atoms with Crippen molar-refractivity contribution in [1.82, 2.24) is 4.98 Å². The number of aryl methyl sites for hydroxylation is 1. The van der Waals surface area contributed by atoms with E-state index in [1.54, 1.807) is 6.26 Å². The lowest BCUT2D eigenvalue weighted by Crippen LogP contribution is -1.81. The molecule has 0 bridgehead atoms. The molecule has 0 N–H and O–H groups in total. The van der Waals surface area contributed by atoms with E-state index in [1.807, 2.05) is 18.3 Å². The SMILES string of the molecule is CCc1ccnc2ccoc12. The van der Waals surface area contributed by atoms with Crippen LogP contribution in [0.25, 0.3) is 11.1 Å². The van der Waals surface area contributed by atoms with Crippen molar-refractivity contribution in [1.29, 1.82) is 0 Å². The average Bonchev–Trinajstić information content (AvgIpc) is 2.50. The van der Waals surface area contributed by atoms with Crippen molar-refractivity contribution in [2.75, 3.05) is 0 Å². The lowest BCUT2D eigenvalue weighted by molar-refractivity contribution is 0.611. The Labute approximate surface area is 64.9 Å². The summed E-state index contributed by atoms with van der Waals surface area (Å²) in [5.41, 5.74) is 3.10. The van der Waals surface area contributed by atoms with Crippen LogP contribution >= 0.6 is 0 Å². The van der Waals surface area contributed by atoms with Gasteiger partial charge in [0, 0.05) is 12.3 Å². The van der Waals surface area contributed by atoms with Gasteiger partial charge in [0.2, 0.25) is 0 Å². The van der Waals surface area contributed by atoms with Gasteiger partial charge in [0.1, 0.15) is 5.52 Å². The molecule has 2 rings (SSSR count). The highest BCUT2D eigenvalue weighted by molar-refractivity contribution is 5.75. The maximum Gasteiger partial charge on any atom is 0.155 e. The first-order valence-corrected chi connectivity index (χ1v) is 3.73. The van der Waals surface area contributed by atoms with E-state index in [0.717, 1.165) is 17.5 Å². The van der Waals surface area contributed by atoms with Gasteiger partial charge in [-0.25, -0.2) is 0 Å². The first-order chi connectivity index (χ1) is 5.42. The van der Waals surface area contributed by atoms with Gasteiger partial charge in [-0.15, -0.1) is 0 Å². The number of rotatable bonds is 1. The minimum atomic E-state index is 0.926. The summed E-state index contributed by atoms with van der Waals surface area (Å²) in [5, 5.41) is 0. The van der Waals surface area contributed by atoms with E-state index in [4.69, 9.17) is 4.42 Å². The van der Waals surface area contributed by atoms with Gasteiger partial charge < -0.3 is 4.42 Å². The molecule has 0 fully saturated rings. The Balaban J connectivity index is 2.79. The highest BCUT2D eigenvalue weighted by atomic mass is 16.3. The van der Waals surface area contributed by atoms with Crippen molar-refractivity contribution >= 4 is 11.1 Å². The third kappa shape index (κ3) is 0.909. The summed E-state index contributed by atoms with van der Waals surface area (Å²) in [4.78, 5) is 4.16. The van der Waals surface area contributed by atoms with Crippen LogP contribution in [0, 0.1) is 0 Å². The van der Waals surface area contributed by atoms with Crippen LogP contribution in [-0.4, -0.2) is 4.98 Å².